The van der Waals surface area contributed by atoms with Gasteiger partial charge in [-0.3, -0.25) is 9.59 Å². The third kappa shape index (κ3) is 4.04. The van der Waals surface area contributed by atoms with Gasteiger partial charge in [0.15, 0.2) is 5.78 Å². The predicted octanol–water partition coefficient (Wildman–Crippen LogP) is 4.13. The molecule has 0 saturated heterocycles. The Hall–Kier alpha value is -3.68. The molecule has 34 heavy (non-hydrogen) atoms. The second-order valence-corrected chi connectivity index (χ2v) is 8.15. The Labute approximate surface area is 196 Å². The van der Waals surface area contributed by atoms with Crippen LogP contribution in [-0.4, -0.2) is 30.9 Å². The summed E-state index contributed by atoms with van der Waals surface area (Å²) in [6.07, 6.45) is 1.73. The fourth-order valence-corrected chi connectivity index (χ4v) is 4.81. The lowest BCUT2D eigenvalue weighted by molar-refractivity contribution is -0.152. The third-order valence-corrected chi connectivity index (χ3v) is 6.18. The number of allylic oxidation sites excluding steroid dienone is 3. The van der Waals surface area contributed by atoms with E-state index in [1.54, 1.807) is 39.0 Å². The molecule has 0 spiro atoms. The zero-order valence-corrected chi connectivity index (χ0v) is 19.2. The fourth-order valence-electron chi connectivity index (χ4n) is 4.81. The number of halogens is 1. The largest absolute Gasteiger partial charge is 0.469 e. The SMILES string of the molecule is CCOC(=O)C1=C(C)NC2=C(C(=O)C(C(=O)OCC)C(c3ccco3)C2)C1c1ccccc1F. The lowest BCUT2D eigenvalue weighted by atomic mass is 9.68. The Morgan fingerprint density at radius 3 is 2.50 bits per heavy atom. The number of carbonyl (C=O) groups is 3. The summed E-state index contributed by atoms with van der Waals surface area (Å²) in [6, 6.07) is 9.38. The molecule has 2 heterocycles. The zero-order chi connectivity index (χ0) is 24.4. The van der Waals surface area contributed by atoms with Crippen LogP contribution >= 0.6 is 0 Å². The monoisotopic (exact) mass is 467 g/mol. The van der Waals surface area contributed by atoms with Crippen LogP contribution in [0.15, 0.2) is 69.6 Å². The van der Waals surface area contributed by atoms with Gasteiger partial charge in [-0.25, -0.2) is 9.18 Å². The van der Waals surface area contributed by atoms with E-state index in [9.17, 15) is 14.4 Å². The van der Waals surface area contributed by atoms with Crippen LogP contribution in [-0.2, 0) is 23.9 Å². The normalized spacial score (nSPS) is 22.2. The van der Waals surface area contributed by atoms with Crippen LogP contribution < -0.4 is 5.32 Å². The van der Waals surface area contributed by atoms with Crippen LogP contribution in [0.25, 0.3) is 0 Å². The highest BCUT2D eigenvalue weighted by Gasteiger charge is 2.50. The van der Waals surface area contributed by atoms with Gasteiger partial charge in [0.1, 0.15) is 17.5 Å². The minimum atomic E-state index is -1.19. The number of ether oxygens (including phenoxy) is 2. The molecule has 0 fully saturated rings. The number of Topliss-reactive ketones (excluding diaryl/α,β-unsaturated/α-hetero) is 1. The first-order valence-corrected chi connectivity index (χ1v) is 11.3. The van der Waals surface area contributed by atoms with E-state index in [2.05, 4.69) is 5.32 Å². The summed E-state index contributed by atoms with van der Waals surface area (Å²) in [5.74, 6) is -4.79. The summed E-state index contributed by atoms with van der Waals surface area (Å²) in [5.41, 5.74) is 1.45. The van der Waals surface area contributed by atoms with Gasteiger partial charge in [0.05, 0.1) is 31.0 Å². The summed E-state index contributed by atoms with van der Waals surface area (Å²) in [6.45, 7) is 5.23. The molecule has 7 nitrogen and oxygen atoms in total. The Balaban J connectivity index is 1.90. The number of rotatable bonds is 6. The Bertz CT molecular complexity index is 1180. The Morgan fingerprint density at radius 2 is 1.85 bits per heavy atom. The molecule has 2 aromatic rings. The molecule has 4 rings (SSSR count). The zero-order valence-electron chi connectivity index (χ0n) is 19.2. The van der Waals surface area contributed by atoms with E-state index in [4.69, 9.17) is 13.9 Å². The molecule has 0 bridgehead atoms. The van der Waals surface area contributed by atoms with Gasteiger partial charge < -0.3 is 19.2 Å². The maximum Gasteiger partial charge on any atom is 0.336 e. The minimum absolute atomic E-state index is 0.0987. The highest BCUT2D eigenvalue weighted by atomic mass is 19.1. The van der Waals surface area contributed by atoms with Crippen molar-refractivity contribution in [3.05, 3.63) is 82.3 Å². The van der Waals surface area contributed by atoms with Crippen LogP contribution in [0.5, 0.6) is 0 Å². The van der Waals surface area contributed by atoms with Gasteiger partial charge in [0.25, 0.3) is 0 Å². The van der Waals surface area contributed by atoms with Gasteiger partial charge in [-0.1, -0.05) is 18.2 Å². The molecule has 8 heteroatoms. The molecule has 178 valence electrons. The summed E-state index contributed by atoms with van der Waals surface area (Å²) in [7, 11) is 0. The molecule has 1 aliphatic heterocycles. The van der Waals surface area contributed by atoms with Gasteiger partial charge in [-0.15, -0.1) is 0 Å². The van der Waals surface area contributed by atoms with Crippen molar-refractivity contribution in [2.45, 2.75) is 39.0 Å². The summed E-state index contributed by atoms with van der Waals surface area (Å²) >= 11 is 0. The molecule has 1 N–H and O–H groups in total. The summed E-state index contributed by atoms with van der Waals surface area (Å²) in [5, 5.41) is 3.16. The van der Waals surface area contributed by atoms with Crippen molar-refractivity contribution in [3.8, 4) is 0 Å². The maximum atomic E-state index is 15.1. The molecule has 0 amide bonds. The van der Waals surface area contributed by atoms with Crippen molar-refractivity contribution in [1.82, 2.24) is 5.32 Å². The maximum absolute atomic E-state index is 15.1. The van der Waals surface area contributed by atoms with Gasteiger partial charge in [0.2, 0.25) is 0 Å². The number of nitrogens with one attached hydrogen (secondary N) is 1. The standard InChI is InChI=1S/C26H26FNO6/c1-4-32-25(30)20-14(3)28-18-13-16(19-11-8-12-34-19)22(26(31)33-5-2)24(29)23(18)21(20)15-9-6-7-10-17(15)27/h6-12,16,21-22,28H,4-5,13H2,1-3H3. The first-order chi connectivity index (χ1) is 16.4. The van der Waals surface area contributed by atoms with E-state index in [0.29, 0.717) is 17.2 Å². The van der Waals surface area contributed by atoms with Gasteiger partial charge in [0, 0.05) is 28.4 Å². The first kappa shape index (κ1) is 23.5. The van der Waals surface area contributed by atoms with Crippen molar-refractivity contribution in [1.29, 1.82) is 0 Å². The molecular weight excluding hydrogens is 441 g/mol. The van der Waals surface area contributed by atoms with Crippen molar-refractivity contribution in [2.75, 3.05) is 13.2 Å². The van der Waals surface area contributed by atoms with Crippen molar-refractivity contribution >= 4 is 17.7 Å². The fraction of sp³-hybridized carbons (Fsp3) is 0.346. The molecule has 0 radical (unpaired) electrons. The van der Waals surface area contributed by atoms with Crippen LogP contribution in [0, 0.1) is 11.7 Å². The Kier molecular flexibility index (Phi) is 6.68. The third-order valence-electron chi connectivity index (χ3n) is 6.18. The molecular formula is C26H26FNO6. The van der Waals surface area contributed by atoms with Crippen molar-refractivity contribution < 1.29 is 32.7 Å². The second-order valence-electron chi connectivity index (χ2n) is 8.15. The topological polar surface area (TPSA) is 94.8 Å². The average Bonchev–Trinajstić information content (AvgIpc) is 3.33. The number of esters is 2. The van der Waals surface area contributed by atoms with Crippen LogP contribution in [0.1, 0.15) is 50.4 Å². The lowest BCUT2D eigenvalue weighted by Gasteiger charge is -2.38. The number of carbonyl (C=O) groups excluding carboxylic acids is 3. The number of furan rings is 1. The lowest BCUT2D eigenvalue weighted by Crippen LogP contribution is -2.43. The van der Waals surface area contributed by atoms with Crippen LogP contribution in [0.3, 0.4) is 0 Å². The average molecular weight is 467 g/mol. The number of hydrogen-bond acceptors (Lipinski definition) is 7. The van der Waals surface area contributed by atoms with E-state index < -0.39 is 41.3 Å². The second kappa shape index (κ2) is 9.67. The van der Waals surface area contributed by atoms with E-state index in [-0.39, 0.29) is 36.3 Å². The van der Waals surface area contributed by atoms with Crippen molar-refractivity contribution in [2.24, 2.45) is 5.92 Å². The number of hydrogen-bond donors (Lipinski definition) is 1. The number of benzene rings is 1. The van der Waals surface area contributed by atoms with Crippen LogP contribution in [0.2, 0.25) is 0 Å². The molecule has 1 aromatic carbocycles. The summed E-state index contributed by atoms with van der Waals surface area (Å²) < 4.78 is 31.1. The number of dihydropyridines is 1. The van der Waals surface area contributed by atoms with Gasteiger partial charge in [-0.05, 0) is 45.4 Å². The highest BCUT2D eigenvalue weighted by Crippen LogP contribution is 2.48. The van der Waals surface area contributed by atoms with Crippen LogP contribution in [0.4, 0.5) is 4.39 Å². The van der Waals surface area contributed by atoms with E-state index in [1.807, 2.05) is 0 Å². The molecule has 3 atom stereocenters. The Morgan fingerprint density at radius 1 is 1.12 bits per heavy atom. The van der Waals surface area contributed by atoms with E-state index in [1.165, 1.54) is 24.5 Å². The summed E-state index contributed by atoms with van der Waals surface area (Å²) in [4.78, 5) is 39.9. The smallest absolute Gasteiger partial charge is 0.336 e. The first-order valence-electron chi connectivity index (χ1n) is 11.3. The van der Waals surface area contributed by atoms with E-state index in [0.717, 1.165) is 0 Å². The van der Waals surface area contributed by atoms with E-state index >= 15 is 4.39 Å². The predicted molar refractivity (Wildman–Crippen MR) is 120 cm³/mol. The van der Waals surface area contributed by atoms with Gasteiger partial charge >= 0.3 is 11.9 Å². The van der Waals surface area contributed by atoms with Gasteiger partial charge in [-0.2, -0.15) is 0 Å². The molecule has 0 saturated carbocycles. The highest BCUT2D eigenvalue weighted by molar-refractivity contribution is 6.13. The molecule has 3 unspecified atom stereocenters. The quantitative estimate of drug-likeness (QED) is 0.504. The minimum Gasteiger partial charge on any atom is -0.469 e. The molecule has 1 aromatic heterocycles. The molecule has 2 aliphatic rings. The van der Waals surface area contributed by atoms with Crippen molar-refractivity contribution in [3.63, 3.8) is 0 Å². The molecule has 1 aliphatic carbocycles. The number of ketones is 1.